The lowest BCUT2D eigenvalue weighted by Crippen LogP contribution is -2.35. The first kappa shape index (κ1) is 14.4. The van der Waals surface area contributed by atoms with Crippen molar-refractivity contribution in [2.45, 2.75) is 44.4 Å². The first-order valence-electron chi connectivity index (χ1n) is 6.93. The number of nitrogens with zero attached hydrogens (tertiary/aromatic N) is 2. The zero-order valence-electron chi connectivity index (χ0n) is 11.9. The summed E-state index contributed by atoms with van der Waals surface area (Å²) in [5.74, 6) is 1.26. The highest BCUT2D eigenvalue weighted by molar-refractivity contribution is 7.99. The van der Waals surface area contributed by atoms with Crippen LogP contribution in [0.1, 0.15) is 42.2 Å². The maximum absolute atomic E-state index is 12.4. The monoisotopic (exact) mass is 278 g/mol. The van der Waals surface area contributed by atoms with Crippen LogP contribution in [-0.2, 0) is 0 Å². The molecule has 0 aromatic carbocycles. The summed E-state index contributed by atoms with van der Waals surface area (Å²) in [6.07, 6.45) is 5.16. The standard InChI is InChI=1S/C15H22N2OS/c1-4-19-14-8-7-13(9-14)17(3)15(18)12-6-5-11(2)16-10-12/h5-6,10,13-14H,4,7-9H2,1-3H3/t13-,14-/m0/s1. The molecule has 0 aliphatic heterocycles. The fourth-order valence-corrected chi connectivity index (χ4v) is 3.75. The molecule has 2 rings (SSSR count). The van der Waals surface area contributed by atoms with E-state index < -0.39 is 0 Å². The molecule has 19 heavy (non-hydrogen) atoms. The predicted molar refractivity (Wildman–Crippen MR) is 80.6 cm³/mol. The van der Waals surface area contributed by atoms with Crippen LogP contribution < -0.4 is 0 Å². The molecule has 0 unspecified atom stereocenters. The van der Waals surface area contributed by atoms with E-state index in [9.17, 15) is 4.79 Å². The van der Waals surface area contributed by atoms with Crippen molar-refractivity contribution in [3.63, 3.8) is 0 Å². The summed E-state index contributed by atoms with van der Waals surface area (Å²) in [7, 11) is 1.92. The second kappa shape index (κ2) is 6.42. The Bertz CT molecular complexity index is 432. The summed E-state index contributed by atoms with van der Waals surface area (Å²) in [5.41, 5.74) is 1.64. The van der Waals surface area contributed by atoms with E-state index in [2.05, 4.69) is 11.9 Å². The number of pyridine rings is 1. The molecule has 0 radical (unpaired) electrons. The van der Waals surface area contributed by atoms with Gasteiger partial charge in [0, 0.05) is 30.2 Å². The predicted octanol–water partition coefficient (Wildman–Crippen LogP) is 3.14. The van der Waals surface area contributed by atoms with Gasteiger partial charge in [0.05, 0.1) is 5.56 Å². The first-order chi connectivity index (χ1) is 9.11. The number of amides is 1. The van der Waals surface area contributed by atoms with Crippen LogP contribution in [0.2, 0.25) is 0 Å². The van der Waals surface area contributed by atoms with Gasteiger partial charge in [0.15, 0.2) is 0 Å². The van der Waals surface area contributed by atoms with Crippen molar-refractivity contribution in [1.29, 1.82) is 0 Å². The Morgan fingerprint density at radius 3 is 2.89 bits per heavy atom. The molecule has 1 amide bonds. The third kappa shape index (κ3) is 3.50. The smallest absolute Gasteiger partial charge is 0.255 e. The molecule has 1 fully saturated rings. The number of aryl methyl sites for hydroxylation is 1. The van der Waals surface area contributed by atoms with Crippen molar-refractivity contribution in [2.75, 3.05) is 12.8 Å². The highest BCUT2D eigenvalue weighted by Crippen LogP contribution is 2.32. The minimum Gasteiger partial charge on any atom is -0.339 e. The highest BCUT2D eigenvalue weighted by atomic mass is 32.2. The Morgan fingerprint density at radius 2 is 2.26 bits per heavy atom. The Labute approximate surface area is 119 Å². The minimum absolute atomic E-state index is 0.0969. The van der Waals surface area contributed by atoms with Gasteiger partial charge < -0.3 is 4.90 Å². The number of hydrogen-bond donors (Lipinski definition) is 0. The van der Waals surface area contributed by atoms with E-state index in [1.165, 1.54) is 6.42 Å². The van der Waals surface area contributed by atoms with Gasteiger partial charge in [-0.05, 0) is 44.1 Å². The summed E-state index contributed by atoms with van der Waals surface area (Å²) in [6, 6.07) is 4.15. The van der Waals surface area contributed by atoms with Crippen LogP contribution >= 0.6 is 11.8 Å². The molecule has 1 aliphatic rings. The molecular formula is C15H22N2OS. The summed E-state index contributed by atoms with van der Waals surface area (Å²) < 4.78 is 0. The molecule has 0 saturated heterocycles. The maximum atomic E-state index is 12.4. The third-order valence-corrected chi connectivity index (χ3v) is 5.02. The van der Waals surface area contributed by atoms with Crippen LogP contribution in [0.25, 0.3) is 0 Å². The normalized spacial score (nSPS) is 22.5. The summed E-state index contributed by atoms with van der Waals surface area (Å²) in [5, 5.41) is 0.724. The second-order valence-electron chi connectivity index (χ2n) is 5.15. The average molecular weight is 278 g/mol. The lowest BCUT2D eigenvalue weighted by molar-refractivity contribution is 0.0735. The molecule has 1 saturated carbocycles. The Balaban J connectivity index is 1.98. The number of carbonyl (C=O) groups excluding carboxylic acids is 1. The number of rotatable bonds is 4. The number of thioether (sulfide) groups is 1. The van der Waals surface area contributed by atoms with Gasteiger partial charge >= 0.3 is 0 Å². The van der Waals surface area contributed by atoms with Crippen LogP contribution in [0.4, 0.5) is 0 Å². The molecule has 0 bridgehead atoms. The van der Waals surface area contributed by atoms with E-state index in [1.54, 1.807) is 6.20 Å². The van der Waals surface area contributed by atoms with Crippen LogP contribution in [-0.4, -0.2) is 39.9 Å². The number of carbonyl (C=O) groups is 1. The van der Waals surface area contributed by atoms with E-state index in [0.29, 0.717) is 11.6 Å². The van der Waals surface area contributed by atoms with Crippen LogP contribution in [0.15, 0.2) is 18.3 Å². The Kier molecular flexibility index (Phi) is 4.86. The van der Waals surface area contributed by atoms with Crippen LogP contribution in [0, 0.1) is 6.92 Å². The quantitative estimate of drug-likeness (QED) is 0.848. The summed E-state index contributed by atoms with van der Waals surface area (Å²) in [6.45, 7) is 4.13. The maximum Gasteiger partial charge on any atom is 0.255 e. The lowest BCUT2D eigenvalue weighted by Gasteiger charge is -2.24. The molecule has 1 aliphatic carbocycles. The fraction of sp³-hybridized carbons (Fsp3) is 0.600. The Morgan fingerprint density at radius 1 is 1.47 bits per heavy atom. The molecule has 3 nitrogen and oxygen atoms in total. The molecule has 0 spiro atoms. The molecule has 1 aromatic heterocycles. The molecular weight excluding hydrogens is 256 g/mol. The van der Waals surface area contributed by atoms with Gasteiger partial charge in [0.1, 0.15) is 0 Å². The van der Waals surface area contributed by atoms with Crippen molar-refractivity contribution < 1.29 is 4.79 Å². The van der Waals surface area contributed by atoms with Gasteiger partial charge in [0.2, 0.25) is 0 Å². The SMILES string of the molecule is CCS[C@H]1CC[C@H](N(C)C(=O)c2ccc(C)nc2)C1. The summed E-state index contributed by atoms with van der Waals surface area (Å²) in [4.78, 5) is 18.5. The van der Waals surface area contributed by atoms with Gasteiger partial charge in [-0.1, -0.05) is 6.92 Å². The van der Waals surface area contributed by atoms with Gasteiger partial charge in [-0.2, -0.15) is 11.8 Å². The first-order valence-corrected chi connectivity index (χ1v) is 7.98. The molecule has 0 N–H and O–H groups in total. The zero-order valence-corrected chi connectivity index (χ0v) is 12.7. The van der Waals surface area contributed by atoms with Crippen LogP contribution in [0.5, 0.6) is 0 Å². The molecule has 2 atom stereocenters. The van der Waals surface area contributed by atoms with E-state index in [-0.39, 0.29) is 5.91 Å². The van der Waals surface area contributed by atoms with E-state index >= 15 is 0 Å². The zero-order chi connectivity index (χ0) is 13.8. The van der Waals surface area contributed by atoms with Gasteiger partial charge in [-0.3, -0.25) is 9.78 Å². The van der Waals surface area contributed by atoms with Crippen molar-refractivity contribution in [2.24, 2.45) is 0 Å². The topological polar surface area (TPSA) is 33.2 Å². The molecule has 1 aromatic rings. The van der Waals surface area contributed by atoms with E-state index in [0.717, 1.165) is 29.5 Å². The average Bonchev–Trinajstić information content (AvgIpc) is 2.87. The second-order valence-corrected chi connectivity index (χ2v) is 6.73. The Hall–Kier alpha value is -1.03. The molecule has 1 heterocycles. The minimum atomic E-state index is 0.0969. The highest BCUT2D eigenvalue weighted by Gasteiger charge is 2.30. The van der Waals surface area contributed by atoms with Crippen LogP contribution in [0.3, 0.4) is 0 Å². The fourth-order valence-electron chi connectivity index (χ4n) is 2.62. The van der Waals surface area contributed by atoms with Crippen molar-refractivity contribution in [3.05, 3.63) is 29.6 Å². The third-order valence-electron chi connectivity index (χ3n) is 3.79. The largest absolute Gasteiger partial charge is 0.339 e. The van der Waals surface area contributed by atoms with Crippen molar-refractivity contribution in [3.8, 4) is 0 Å². The number of hydrogen-bond acceptors (Lipinski definition) is 3. The lowest BCUT2D eigenvalue weighted by atomic mass is 10.1. The van der Waals surface area contributed by atoms with Crippen molar-refractivity contribution >= 4 is 17.7 Å². The van der Waals surface area contributed by atoms with Gasteiger partial charge in [-0.25, -0.2) is 0 Å². The van der Waals surface area contributed by atoms with E-state index in [1.807, 2.05) is 42.8 Å². The van der Waals surface area contributed by atoms with Gasteiger partial charge in [-0.15, -0.1) is 0 Å². The van der Waals surface area contributed by atoms with Gasteiger partial charge in [0.25, 0.3) is 5.91 Å². The number of aromatic nitrogens is 1. The van der Waals surface area contributed by atoms with Crippen molar-refractivity contribution in [1.82, 2.24) is 9.88 Å². The summed E-state index contributed by atoms with van der Waals surface area (Å²) >= 11 is 2.02. The molecule has 104 valence electrons. The molecule has 4 heteroatoms. The van der Waals surface area contributed by atoms with E-state index in [4.69, 9.17) is 0 Å².